The molecule has 0 aromatic heterocycles. The summed E-state index contributed by atoms with van der Waals surface area (Å²) in [5.41, 5.74) is 1.05. The van der Waals surface area contributed by atoms with E-state index in [1.54, 1.807) is 36.9 Å². The summed E-state index contributed by atoms with van der Waals surface area (Å²) in [7, 11) is 0. The van der Waals surface area contributed by atoms with Crippen LogP contribution in [0, 0.1) is 6.92 Å². The first-order chi connectivity index (χ1) is 7.56. The number of nitrogens with one attached hydrogen (secondary N) is 1. The quantitative estimate of drug-likeness (QED) is 0.846. The number of para-hydroxylation sites is 1. The summed E-state index contributed by atoms with van der Waals surface area (Å²) < 4.78 is 0. The van der Waals surface area contributed by atoms with Crippen molar-refractivity contribution >= 4 is 17.7 Å². The molecule has 0 radical (unpaired) electrons. The third-order valence-electron chi connectivity index (χ3n) is 2.43. The second kappa shape index (κ2) is 5.80. The van der Waals surface area contributed by atoms with Crippen molar-refractivity contribution in [1.29, 1.82) is 0 Å². The van der Waals surface area contributed by atoms with Crippen molar-refractivity contribution in [3.8, 4) is 5.75 Å². The number of amides is 1. The van der Waals surface area contributed by atoms with Gasteiger partial charge in [0.05, 0.1) is 5.56 Å². The van der Waals surface area contributed by atoms with E-state index in [0.717, 1.165) is 0 Å². The topological polar surface area (TPSA) is 49.3 Å². The maximum absolute atomic E-state index is 11.8. The molecule has 4 heteroatoms. The molecule has 1 atom stereocenters. The van der Waals surface area contributed by atoms with Crippen molar-refractivity contribution in [2.45, 2.75) is 19.1 Å². The van der Waals surface area contributed by atoms with Crippen molar-refractivity contribution in [3.63, 3.8) is 0 Å². The summed E-state index contributed by atoms with van der Waals surface area (Å²) in [6.07, 6.45) is 2.00. The lowest BCUT2D eigenvalue weighted by molar-refractivity contribution is 0.0951. The summed E-state index contributed by atoms with van der Waals surface area (Å²) in [5, 5.41) is 12.9. The van der Waals surface area contributed by atoms with Crippen LogP contribution in [-0.2, 0) is 0 Å². The molecule has 1 aromatic rings. The molecule has 1 rings (SSSR count). The highest BCUT2D eigenvalue weighted by Gasteiger charge is 2.12. The van der Waals surface area contributed by atoms with Crippen molar-refractivity contribution in [2.75, 3.05) is 12.8 Å². The zero-order valence-electron chi connectivity index (χ0n) is 9.78. The number of phenolic OH excluding ortho intramolecular Hbond substituents is 1. The minimum absolute atomic E-state index is 0.0665. The van der Waals surface area contributed by atoms with E-state index in [1.165, 1.54) is 0 Å². The second-order valence-electron chi connectivity index (χ2n) is 3.73. The number of benzene rings is 1. The van der Waals surface area contributed by atoms with Crippen molar-refractivity contribution in [3.05, 3.63) is 29.3 Å². The molecule has 0 fully saturated rings. The van der Waals surface area contributed by atoms with Gasteiger partial charge < -0.3 is 10.4 Å². The Kier molecular flexibility index (Phi) is 4.68. The first kappa shape index (κ1) is 12.9. The molecule has 0 aliphatic carbocycles. The van der Waals surface area contributed by atoms with Crippen LogP contribution in [0.3, 0.4) is 0 Å². The van der Waals surface area contributed by atoms with E-state index in [9.17, 15) is 9.90 Å². The van der Waals surface area contributed by atoms with Crippen LogP contribution in [-0.4, -0.2) is 29.1 Å². The van der Waals surface area contributed by atoms with E-state index in [2.05, 4.69) is 5.32 Å². The number of phenols is 1. The highest BCUT2D eigenvalue weighted by molar-refractivity contribution is 7.99. The van der Waals surface area contributed by atoms with Gasteiger partial charge in [0.15, 0.2) is 0 Å². The summed E-state index contributed by atoms with van der Waals surface area (Å²) in [4.78, 5) is 11.8. The first-order valence-electron chi connectivity index (χ1n) is 5.15. The van der Waals surface area contributed by atoms with Crippen LogP contribution in [0.1, 0.15) is 22.8 Å². The van der Waals surface area contributed by atoms with Gasteiger partial charge in [0.25, 0.3) is 5.91 Å². The molecular weight excluding hydrogens is 222 g/mol. The fraction of sp³-hybridized carbons (Fsp3) is 0.417. The van der Waals surface area contributed by atoms with Gasteiger partial charge in [-0.3, -0.25) is 4.79 Å². The van der Waals surface area contributed by atoms with Crippen LogP contribution in [0.25, 0.3) is 0 Å². The number of aryl methyl sites for hydroxylation is 1. The van der Waals surface area contributed by atoms with Gasteiger partial charge in [-0.2, -0.15) is 11.8 Å². The van der Waals surface area contributed by atoms with Crippen LogP contribution >= 0.6 is 11.8 Å². The van der Waals surface area contributed by atoms with Crippen LogP contribution in [0.4, 0.5) is 0 Å². The first-order valence-corrected chi connectivity index (χ1v) is 6.44. The van der Waals surface area contributed by atoms with E-state index in [0.29, 0.717) is 22.9 Å². The molecule has 3 nitrogen and oxygen atoms in total. The van der Waals surface area contributed by atoms with Crippen molar-refractivity contribution in [1.82, 2.24) is 5.32 Å². The van der Waals surface area contributed by atoms with E-state index in [-0.39, 0.29) is 11.7 Å². The average molecular weight is 239 g/mol. The highest BCUT2D eigenvalue weighted by atomic mass is 32.2. The van der Waals surface area contributed by atoms with Gasteiger partial charge in [-0.1, -0.05) is 19.1 Å². The van der Waals surface area contributed by atoms with Crippen LogP contribution < -0.4 is 5.32 Å². The Morgan fingerprint density at radius 1 is 1.56 bits per heavy atom. The normalized spacial score (nSPS) is 12.2. The Hall–Kier alpha value is -1.16. The molecule has 2 N–H and O–H groups in total. The summed E-state index contributed by atoms with van der Waals surface area (Å²) in [6.45, 7) is 4.42. The smallest absolute Gasteiger partial charge is 0.255 e. The standard InChI is InChI=1S/C12H17NO2S/c1-8-5-4-6-10(11(8)14)12(15)13-7-9(2)16-3/h4-6,9,14H,7H2,1-3H3,(H,13,15). The predicted molar refractivity (Wildman–Crippen MR) is 68.2 cm³/mol. The summed E-state index contributed by atoms with van der Waals surface area (Å²) >= 11 is 1.69. The van der Waals surface area contributed by atoms with Gasteiger partial charge in [0.2, 0.25) is 0 Å². The van der Waals surface area contributed by atoms with Crippen LogP contribution in [0.5, 0.6) is 5.75 Å². The molecule has 16 heavy (non-hydrogen) atoms. The Labute approximate surface area is 100 Å². The largest absolute Gasteiger partial charge is 0.507 e. The Morgan fingerprint density at radius 2 is 2.25 bits per heavy atom. The molecular formula is C12H17NO2S. The van der Waals surface area contributed by atoms with E-state index in [4.69, 9.17) is 0 Å². The molecule has 0 heterocycles. The lowest BCUT2D eigenvalue weighted by atomic mass is 10.1. The summed E-state index contributed by atoms with van der Waals surface area (Å²) in [5.74, 6) is -0.154. The molecule has 0 aliphatic rings. The maximum Gasteiger partial charge on any atom is 0.255 e. The number of carbonyl (C=O) groups excluding carboxylic acids is 1. The van der Waals surface area contributed by atoms with E-state index >= 15 is 0 Å². The predicted octanol–water partition coefficient (Wildman–Crippen LogP) is 2.18. The summed E-state index contributed by atoms with van der Waals surface area (Å²) in [6, 6.07) is 5.17. The molecule has 0 bridgehead atoms. The SMILES string of the molecule is CSC(C)CNC(=O)c1cccc(C)c1O. The minimum atomic E-state index is -0.220. The molecule has 88 valence electrons. The molecule has 1 amide bonds. The van der Waals surface area contributed by atoms with Gasteiger partial charge in [-0.15, -0.1) is 0 Å². The number of aromatic hydroxyl groups is 1. The van der Waals surface area contributed by atoms with Gasteiger partial charge in [-0.05, 0) is 24.8 Å². The number of hydrogen-bond acceptors (Lipinski definition) is 3. The molecule has 0 spiro atoms. The van der Waals surface area contributed by atoms with E-state index in [1.807, 2.05) is 13.2 Å². The monoisotopic (exact) mass is 239 g/mol. The zero-order chi connectivity index (χ0) is 12.1. The van der Waals surface area contributed by atoms with Gasteiger partial charge in [-0.25, -0.2) is 0 Å². The Bertz CT molecular complexity index is 379. The minimum Gasteiger partial charge on any atom is -0.507 e. The van der Waals surface area contributed by atoms with Gasteiger partial charge in [0, 0.05) is 11.8 Å². The third kappa shape index (κ3) is 3.17. The van der Waals surface area contributed by atoms with Crippen LogP contribution in [0.15, 0.2) is 18.2 Å². The number of hydrogen-bond donors (Lipinski definition) is 2. The maximum atomic E-state index is 11.8. The number of rotatable bonds is 4. The van der Waals surface area contributed by atoms with Crippen molar-refractivity contribution in [2.24, 2.45) is 0 Å². The molecule has 1 unspecified atom stereocenters. The highest BCUT2D eigenvalue weighted by Crippen LogP contribution is 2.21. The zero-order valence-corrected chi connectivity index (χ0v) is 10.6. The second-order valence-corrected chi connectivity index (χ2v) is 5.00. The van der Waals surface area contributed by atoms with Crippen molar-refractivity contribution < 1.29 is 9.90 Å². The van der Waals surface area contributed by atoms with Gasteiger partial charge >= 0.3 is 0 Å². The third-order valence-corrected chi connectivity index (χ3v) is 3.41. The number of carbonyl (C=O) groups is 1. The lowest BCUT2D eigenvalue weighted by Gasteiger charge is -2.11. The fourth-order valence-electron chi connectivity index (χ4n) is 1.26. The van der Waals surface area contributed by atoms with Gasteiger partial charge in [0.1, 0.15) is 5.75 Å². The fourth-order valence-corrected chi connectivity index (χ4v) is 1.51. The number of thioether (sulfide) groups is 1. The molecule has 1 aromatic carbocycles. The lowest BCUT2D eigenvalue weighted by Crippen LogP contribution is -2.29. The Morgan fingerprint density at radius 3 is 2.88 bits per heavy atom. The average Bonchev–Trinajstić information content (AvgIpc) is 2.29. The molecule has 0 aliphatic heterocycles. The molecule has 0 saturated heterocycles. The van der Waals surface area contributed by atoms with Crippen LogP contribution in [0.2, 0.25) is 0 Å². The van der Waals surface area contributed by atoms with E-state index < -0.39 is 0 Å². The molecule has 0 saturated carbocycles. The Balaban J connectivity index is 2.70.